The number of carbonyl (C=O) groups excluding carboxylic acids is 1. The molecule has 0 aliphatic carbocycles. The zero-order chi connectivity index (χ0) is 14.5. The Hall–Kier alpha value is -2.49. The molecule has 2 rings (SSSR count). The Kier molecular flexibility index (Phi) is 4.25. The summed E-state index contributed by atoms with van der Waals surface area (Å²) in [4.78, 5) is 11.7. The van der Waals surface area contributed by atoms with Crippen molar-refractivity contribution in [1.29, 1.82) is 0 Å². The number of esters is 1. The Labute approximate surface area is 118 Å². The number of hydrogen-bond acceptors (Lipinski definition) is 4. The molecular formula is C16H17NO3. The van der Waals surface area contributed by atoms with Crippen LogP contribution in [0.25, 0.3) is 0 Å². The van der Waals surface area contributed by atoms with E-state index in [2.05, 4.69) is 0 Å². The minimum absolute atomic E-state index is 0.333. The van der Waals surface area contributed by atoms with Crippen molar-refractivity contribution in [2.75, 3.05) is 12.8 Å². The lowest BCUT2D eigenvalue weighted by Gasteiger charge is -2.11. The van der Waals surface area contributed by atoms with Crippen LogP contribution in [0.15, 0.2) is 42.5 Å². The zero-order valence-electron chi connectivity index (χ0n) is 11.6. The number of methoxy groups -OCH3 is 1. The Morgan fingerprint density at radius 1 is 1.15 bits per heavy atom. The summed E-state index contributed by atoms with van der Waals surface area (Å²) in [5.74, 6) is 0.00262. The van der Waals surface area contributed by atoms with Crippen LogP contribution >= 0.6 is 0 Å². The van der Waals surface area contributed by atoms with Gasteiger partial charge in [-0.2, -0.15) is 0 Å². The van der Waals surface area contributed by atoms with E-state index in [1.807, 2.05) is 31.2 Å². The number of anilines is 1. The van der Waals surface area contributed by atoms with E-state index in [1.54, 1.807) is 18.2 Å². The number of rotatable bonds is 4. The van der Waals surface area contributed by atoms with Crippen molar-refractivity contribution in [1.82, 2.24) is 0 Å². The minimum Gasteiger partial charge on any atom is -0.488 e. The Bertz CT molecular complexity index is 606. The van der Waals surface area contributed by atoms with E-state index in [0.717, 1.165) is 5.56 Å². The van der Waals surface area contributed by atoms with Crippen LogP contribution in [0, 0.1) is 6.92 Å². The third-order valence-corrected chi connectivity index (χ3v) is 2.92. The van der Waals surface area contributed by atoms with Crippen LogP contribution in [0.2, 0.25) is 0 Å². The third kappa shape index (κ3) is 3.29. The fourth-order valence-electron chi connectivity index (χ4n) is 1.79. The molecule has 4 heteroatoms. The fourth-order valence-corrected chi connectivity index (χ4v) is 1.79. The van der Waals surface area contributed by atoms with E-state index in [4.69, 9.17) is 15.2 Å². The van der Waals surface area contributed by atoms with Gasteiger partial charge in [0.2, 0.25) is 0 Å². The third-order valence-electron chi connectivity index (χ3n) is 2.92. The molecule has 2 N–H and O–H groups in total. The number of nitrogens with two attached hydrogens (primary N) is 1. The topological polar surface area (TPSA) is 61.5 Å². The van der Waals surface area contributed by atoms with Gasteiger partial charge in [-0.05, 0) is 30.7 Å². The summed E-state index contributed by atoms with van der Waals surface area (Å²) in [5.41, 5.74) is 8.73. The van der Waals surface area contributed by atoms with Gasteiger partial charge in [-0.25, -0.2) is 4.79 Å². The molecule has 0 aromatic heterocycles. The molecule has 0 heterocycles. The van der Waals surface area contributed by atoms with Gasteiger partial charge in [-0.3, -0.25) is 0 Å². The standard InChI is InChI=1S/C16H17NO3/c1-11-3-5-12(6-4-11)10-20-15-8-7-13(17)9-14(15)16(18)19-2/h3-9H,10,17H2,1-2H3. The SMILES string of the molecule is COC(=O)c1cc(N)ccc1OCc1ccc(C)cc1. The van der Waals surface area contributed by atoms with Gasteiger partial charge in [0.05, 0.1) is 7.11 Å². The van der Waals surface area contributed by atoms with E-state index in [9.17, 15) is 4.79 Å². The quantitative estimate of drug-likeness (QED) is 0.686. The summed E-state index contributed by atoms with van der Waals surface area (Å²) in [6, 6.07) is 12.9. The highest BCUT2D eigenvalue weighted by Gasteiger charge is 2.13. The Balaban J connectivity index is 2.16. The first kappa shape index (κ1) is 13.9. The Morgan fingerprint density at radius 2 is 1.85 bits per heavy atom. The van der Waals surface area contributed by atoms with E-state index in [-0.39, 0.29) is 0 Å². The first-order chi connectivity index (χ1) is 9.60. The van der Waals surface area contributed by atoms with Crippen molar-refractivity contribution in [2.45, 2.75) is 13.5 Å². The molecule has 2 aromatic carbocycles. The van der Waals surface area contributed by atoms with Crippen LogP contribution in [0.3, 0.4) is 0 Å². The minimum atomic E-state index is -0.462. The fraction of sp³-hybridized carbons (Fsp3) is 0.188. The van der Waals surface area contributed by atoms with Crippen LogP contribution in [-0.4, -0.2) is 13.1 Å². The maximum Gasteiger partial charge on any atom is 0.341 e. The highest BCUT2D eigenvalue weighted by molar-refractivity contribution is 5.93. The molecule has 0 atom stereocenters. The second-order valence-corrected chi connectivity index (χ2v) is 4.52. The molecule has 0 fully saturated rings. The lowest BCUT2D eigenvalue weighted by Crippen LogP contribution is -2.06. The first-order valence-electron chi connectivity index (χ1n) is 6.26. The second-order valence-electron chi connectivity index (χ2n) is 4.52. The molecule has 0 radical (unpaired) electrons. The number of aryl methyl sites for hydroxylation is 1. The molecule has 0 saturated carbocycles. The van der Waals surface area contributed by atoms with Gasteiger partial charge in [-0.1, -0.05) is 29.8 Å². The molecular weight excluding hydrogens is 254 g/mol. The van der Waals surface area contributed by atoms with Gasteiger partial charge in [0, 0.05) is 5.69 Å². The first-order valence-corrected chi connectivity index (χ1v) is 6.26. The van der Waals surface area contributed by atoms with Gasteiger partial charge >= 0.3 is 5.97 Å². The summed E-state index contributed by atoms with van der Waals surface area (Å²) in [5, 5.41) is 0. The molecule has 2 aromatic rings. The van der Waals surface area contributed by atoms with E-state index >= 15 is 0 Å². The number of nitrogen functional groups attached to an aromatic ring is 1. The normalized spacial score (nSPS) is 10.1. The van der Waals surface area contributed by atoms with Crippen LogP contribution in [0.1, 0.15) is 21.5 Å². The molecule has 0 aliphatic heterocycles. The smallest absolute Gasteiger partial charge is 0.341 e. The van der Waals surface area contributed by atoms with Crippen molar-refractivity contribution < 1.29 is 14.3 Å². The monoisotopic (exact) mass is 271 g/mol. The average molecular weight is 271 g/mol. The van der Waals surface area contributed by atoms with Gasteiger partial charge in [-0.15, -0.1) is 0 Å². The summed E-state index contributed by atoms with van der Waals surface area (Å²) in [7, 11) is 1.33. The summed E-state index contributed by atoms with van der Waals surface area (Å²) < 4.78 is 10.4. The number of hydrogen-bond donors (Lipinski definition) is 1. The highest BCUT2D eigenvalue weighted by Crippen LogP contribution is 2.23. The van der Waals surface area contributed by atoms with E-state index in [0.29, 0.717) is 23.6 Å². The number of benzene rings is 2. The van der Waals surface area contributed by atoms with Gasteiger partial charge < -0.3 is 15.2 Å². The van der Waals surface area contributed by atoms with Crippen LogP contribution < -0.4 is 10.5 Å². The molecule has 0 aliphatic rings. The maximum absolute atomic E-state index is 11.7. The second kappa shape index (κ2) is 6.10. The molecule has 0 spiro atoms. The molecule has 4 nitrogen and oxygen atoms in total. The van der Waals surface area contributed by atoms with Crippen molar-refractivity contribution in [3.05, 3.63) is 59.2 Å². The number of carbonyl (C=O) groups is 1. The van der Waals surface area contributed by atoms with Crippen LogP contribution in [0.4, 0.5) is 5.69 Å². The summed E-state index contributed by atoms with van der Waals surface area (Å²) >= 11 is 0. The summed E-state index contributed by atoms with van der Waals surface area (Å²) in [6.45, 7) is 2.41. The van der Waals surface area contributed by atoms with Crippen LogP contribution in [0.5, 0.6) is 5.75 Å². The predicted octanol–water partition coefficient (Wildman–Crippen LogP) is 2.94. The molecule has 0 saturated heterocycles. The molecule has 20 heavy (non-hydrogen) atoms. The predicted molar refractivity (Wildman–Crippen MR) is 77.7 cm³/mol. The van der Waals surface area contributed by atoms with Crippen molar-refractivity contribution in [2.24, 2.45) is 0 Å². The van der Waals surface area contributed by atoms with E-state index in [1.165, 1.54) is 12.7 Å². The van der Waals surface area contributed by atoms with Crippen molar-refractivity contribution >= 4 is 11.7 Å². The van der Waals surface area contributed by atoms with Crippen molar-refractivity contribution in [3.8, 4) is 5.75 Å². The lowest BCUT2D eigenvalue weighted by molar-refractivity contribution is 0.0595. The molecule has 0 unspecified atom stereocenters. The van der Waals surface area contributed by atoms with Gasteiger partial charge in [0.1, 0.15) is 17.9 Å². The molecule has 0 amide bonds. The summed E-state index contributed by atoms with van der Waals surface area (Å²) in [6.07, 6.45) is 0. The van der Waals surface area contributed by atoms with Gasteiger partial charge in [0.15, 0.2) is 0 Å². The highest BCUT2D eigenvalue weighted by atomic mass is 16.5. The Morgan fingerprint density at radius 3 is 2.50 bits per heavy atom. The van der Waals surface area contributed by atoms with Crippen LogP contribution in [-0.2, 0) is 11.3 Å². The average Bonchev–Trinajstić information content (AvgIpc) is 2.46. The maximum atomic E-state index is 11.7. The molecule has 104 valence electrons. The largest absolute Gasteiger partial charge is 0.488 e. The number of ether oxygens (including phenoxy) is 2. The van der Waals surface area contributed by atoms with E-state index < -0.39 is 5.97 Å². The molecule has 0 bridgehead atoms. The zero-order valence-corrected chi connectivity index (χ0v) is 11.6. The lowest BCUT2D eigenvalue weighted by atomic mass is 10.1. The van der Waals surface area contributed by atoms with Gasteiger partial charge in [0.25, 0.3) is 0 Å². The van der Waals surface area contributed by atoms with Crippen molar-refractivity contribution in [3.63, 3.8) is 0 Å².